The van der Waals surface area contributed by atoms with Gasteiger partial charge in [-0.05, 0) is 26.7 Å². The molecular formula is C22H28N6O4. The predicted octanol–water partition coefficient (Wildman–Crippen LogP) is 3.89. The van der Waals surface area contributed by atoms with Crippen molar-refractivity contribution < 1.29 is 14.5 Å². The Balaban J connectivity index is 1.75. The van der Waals surface area contributed by atoms with Crippen molar-refractivity contribution in [2.24, 2.45) is 5.41 Å². The van der Waals surface area contributed by atoms with E-state index >= 15 is 0 Å². The third-order valence-corrected chi connectivity index (χ3v) is 6.19. The van der Waals surface area contributed by atoms with Gasteiger partial charge in [0.1, 0.15) is 11.4 Å². The number of hydrogen-bond acceptors (Lipinski definition) is 8. The first-order valence-electron chi connectivity index (χ1n) is 10.7. The van der Waals surface area contributed by atoms with Gasteiger partial charge >= 0.3 is 0 Å². The molecule has 0 saturated heterocycles. The van der Waals surface area contributed by atoms with Gasteiger partial charge in [0.05, 0.1) is 35.4 Å². The topological polar surface area (TPSA) is 114 Å². The average Bonchev–Trinajstić information content (AvgIpc) is 3.28. The summed E-state index contributed by atoms with van der Waals surface area (Å²) in [4.78, 5) is 36.9. The number of non-ortho nitro benzene ring substituents is 1. The molecule has 0 bridgehead atoms. The minimum atomic E-state index is -0.570. The Kier molecular flexibility index (Phi) is 5.62. The molecule has 1 saturated carbocycles. The minimum absolute atomic E-state index is 0.0203. The summed E-state index contributed by atoms with van der Waals surface area (Å²) in [7, 11) is 3.21. The number of aromatic nitrogens is 2. The van der Waals surface area contributed by atoms with E-state index in [0.29, 0.717) is 41.5 Å². The van der Waals surface area contributed by atoms with Crippen LogP contribution in [-0.4, -0.2) is 47.5 Å². The number of nitrogens with one attached hydrogen (secondary N) is 1. The van der Waals surface area contributed by atoms with Crippen molar-refractivity contribution in [2.75, 3.05) is 35.8 Å². The summed E-state index contributed by atoms with van der Waals surface area (Å²) in [6, 6.07) is 4.72. The standard InChI is InChI=1S/C22H28N6O4/c1-22(2)13-27(15-7-5-6-8-15)19-18(26(3)20(22)29)12-23-21(25-19)24-14-9-16(28(30)31)11-17(10-14)32-4/h9-12,15H,5-8,13H2,1-4H3,(H,23,24,25). The van der Waals surface area contributed by atoms with Crippen LogP contribution in [0.3, 0.4) is 0 Å². The molecule has 1 aromatic heterocycles. The first-order valence-corrected chi connectivity index (χ1v) is 10.7. The van der Waals surface area contributed by atoms with Crippen molar-refractivity contribution in [1.29, 1.82) is 0 Å². The quantitative estimate of drug-likeness (QED) is 0.550. The molecule has 170 valence electrons. The normalized spacial score (nSPS) is 18.3. The molecule has 1 aliphatic heterocycles. The van der Waals surface area contributed by atoms with Gasteiger partial charge in [-0.3, -0.25) is 14.9 Å². The number of nitro benzene ring substituents is 1. The van der Waals surface area contributed by atoms with E-state index < -0.39 is 10.3 Å². The van der Waals surface area contributed by atoms with Crippen molar-refractivity contribution in [2.45, 2.75) is 45.6 Å². The molecule has 1 N–H and O–H groups in total. The molecule has 0 radical (unpaired) electrons. The van der Waals surface area contributed by atoms with Crippen LogP contribution in [0.25, 0.3) is 0 Å². The molecule has 1 aliphatic carbocycles. The van der Waals surface area contributed by atoms with Gasteiger partial charge in [-0.1, -0.05) is 12.8 Å². The molecule has 0 spiro atoms. The number of carbonyl (C=O) groups excluding carboxylic acids is 1. The van der Waals surface area contributed by atoms with E-state index in [1.54, 1.807) is 24.2 Å². The van der Waals surface area contributed by atoms with Gasteiger partial charge in [-0.25, -0.2) is 4.98 Å². The molecule has 2 heterocycles. The lowest BCUT2D eigenvalue weighted by molar-refractivity contribution is -0.384. The first kappa shape index (κ1) is 21.8. The van der Waals surface area contributed by atoms with Crippen LogP contribution in [0.5, 0.6) is 5.75 Å². The van der Waals surface area contributed by atoms with E-state index in [4.69, 9.17) is 9.72 Å². The largest absolute Gasteiger partial charge is 0.496 e. The number of anilines is 4. The molecule has 4 rings (SSSR count). The predicted molar refractivity (Wildman–Crippen MR) is 122 cm³/mol. The van der Waals surface area contributed by atoms with Crippen LogP contribution in [0.1, 0.15) is 39.5 Å². The Morgan fingerprint density at radius 3 is 2.62 bits per heavy atom. The van der Waals surface area contributed by atoms with Gasteiger partial charge in [0.25, 0.3) is 5.69 Å². The molecular weight excluding hydrogens is 412 g/mol. The molecule has 32 heavy (non-hydrogen) atoms. The number of methoxy groups -OCH3 is 1. The van der Waals surface area contributed by atoms with Crippen LogP contribution >= 0.6 is 0 Å². The number of amides is 1. The van der Waals surface area contributed by atoms with Crippen molar-refractivity contribution >= 4 is 34.7 Å². The smallest absolute Gasteiger partial charge is 0.275 e. The Hall–Kier alpha value is -3.43. The zero-order chi connectivity index (χ0) is 23.0. The fourth-order valence-electron chi connectivity index (χ4n) is 4.53. The average molecular weight is 441 g/mol. The number of carbonyl (C=O) groups is 1. The number of rotatable bonds is 5. The van der Waals surface area contributed by atoms with Gasteiger partial charge in [0.15, 0.2) is 5.82 Å². The molecule has 0 unspecified atom stereocenters. The highest BCUT2D eigenvalue weighted by Gasteiger charge is 2.41. The summed E-state index contributed by atoms with van der Waals surface area (Å²) in [5.41, 5.74) is 0.441. The first-order chi connectivity index (χ1) is 15.2. The number of fused-ring (bicyclic) bond motifs is 1. The minimum Gasteiger partial charge on any atom is -0.496 e. The second-order valence-electron chi connectivity index (χ2n) is 9.02. The lowest BCUT2D eigenvalue weighted by Crippen LogP contribution is -2.45. The van der Waals surface area contributed by atoms with E-state index in [0.717, 1.165) is 25.7 Å². The SMILES string of the molecule is COc1cc(Nc2ncc3c(n2)N(C2CCCC2)CC(C)(C)C(=O)N3C)cc([N+](=O)[O-])c1. The Bertz CT molecular complexity index is 1050. The third-order valence-electron chi connectivity index (χ3n) is 6.19. The van der Waals surface area contributed by atoms with Gasteiger partial charge in [0.2, 0.25) is 11.9 Å². The maximum atomic E-state index is 13.1. The summed E-state index contributed by atoms with van der Waals surface area (Å²) >= 11 is 0. The van der Waals surface area contributed by atoms with E-state index in [2.05, 4.69) is 15.2 Å². The fraction of sp³-hybridized carbons (Fsp3) is 0.500. The zero-order valence-corrected chi connectivity index (χ0v) is 18.8. The highest BCUT2D eigenvalue weighted by Crippen LogP contribution is 2.40. The molecule has 1 fully saturated rings. The number of nitrogens with zero attached hydrogens (tertiary/aromatic N) is 5. The summed E-state index contributed by atoms with van der Waals surface area (Å²) in [5.74, 6) is 1.38. The molecule has 0 atom stereocenters. The van der Waals surface area contributed by atoms with Gasteiger partial charge in [-0.15, -0.1) is 0 Å². The molecule has 10 nitrogen and oxygen atoms in total. The lowest BCUT2D eigenvalue weighted by atomic mass is 9.91. The van der Waals surface area contributed by atoms with Crippen LogP contribution in [0.2, 0.25) is 0 Å². The second-order valence-corrected chi connectivity index (χ2v) is 9.02. The molecule has 10 heteroatoms. The summed E-state index contributed by atoms with van der Waals surface area (Å²) in [6.45, 7) is 4.48. The monoisotopic (exact) mass is 440 g/mol. The third kappa shape index (κ3) is 4.04. The van der Waals surface area contributed by atoms with Crippen molar-refractivity contribution in [3.63, 3.8) is 0 Å². The molecule has 2 aliphatic rings. The summed E-state index contributed by atoms with van der Waals surface area (Å²) in [6.07, 6.45) is 6.07. The number of hydrogen-bond donors (Lipinski definition) is 1. The highest BCUT2D eigenvalue weighted by molar-refractivity contribution is 6.00. The van der Waals surface area contributed by atoms with Crippen LogP contribution in [0, 0.1) is 15.5 Å². The highest BCUT2D eigenvalue weighted by atomic mass is 16.6. The molecule has 2 aromatic rings. The Morgan fingerprint density at radius 2 is 1.97 bits per heavy atom. The fourth-order valence-corrected chi connectivity index (χ4v) is 4.53. The van der Waals surface area contributed by atoms with Gasteiger partial charge < -0.3 is 19.9 Å². The van der Waals surface area contributed by atoms with Gasteiger partial charge in [0, 0.05) is 31.8 Å². The van der Waals surface area contributed by atoms with Crippen molar-refractivity contribution in [3.05, 3.63) is 34.5 Å². The Morgan fingerprint density at radius 1 is 1.25 bits per heavy atom. The number of ether oxygens (including phenoxy) is 1. The molecule has 1 aromatic carbocycles. The lowest BCUT2D eigenvalue weighted by Gasteiger charge is -2.34. The van der Waals surface area contributed by atoms with E-state index in [1.165, 1.54) is 19.2 Å². The van der Waals surface area contributed by atoms with Crippen LogP contribution < -0.4 is 19.9 Å². The molecule has 1 amide bonds. The van der Waals surface area contributed by atoms with Crippen LogP contribution in [0.15, 0.2) is 24.4 Å². The maximum Gasteiger partial charge on any atom is 0.275 e. The zero-order valence-electron chi connectivity index (χ0n) is 18.8. The van der Waals surface area contributed by atoms with Crippen LogP contribution in [0.4, 0.5) is 28.8 Å². The second kappa shape index (κ2) is 8.25. The van der Waals surface area contributed by atoms with E-state index in [-0.39, 0.29) is 11.6 Å². The van der Waals surface area contributed by atoms with Gasteiger partial charge in [-0.2, -0.15) is 4.98 Å². The maximum absolute atomic E-state index is 13.1. The van der Waals surface area contributed by atoms with E-state index in [1.807, 2.05) is 13.8 Å². The summed E-state index contributed by atoms with van der Waals surface area (Å²) in [5, 5.41) is 14.3. The van der Waals surface area contributed by atoms with E-state index in [9.17, 15) is 14.9 Å². The summed E-state index contributed by atoms with van der Waals surface area (Å²) < 4.78 is 5.19. The number of benzene rings is 1. The van der Waals surface area contributed by atoms with Crippen LogP contribution in [-0.2, 0) is 4.79 Å². The number of nitro groups is 1. The van der Waals surface area contributed by atoms with Crippen molar-refractivity contribution in [1.82, 2.24) is 9.97 Å². The Labute approximate surface area is 186 Å². The van der Waals surface area contributed by atoms with Crippen molar-refractivity contribution in [3.8, 4) is 5.75 Å².